The molecule has 0 fully saturated rings. The second kappa shape index (κ2) is 2.26. The largest absolute Gasteiger partial charge is 0.453 e. The van der Waals surface area contributed by atoms with Crippen molar-refractivity contribution in [3.63, 3.8) is 0 Å². The average molecular weight is 171 g/mol. The third-order valence-corrected chi connectivity index (χ3v) is 1.94. The summed E-state index contributed by atoms with van der Waals surface area (Å²) in [5.74, 6) is 0. The molecule has 0 bridgehead atoms. The second-order valence-electron chi connectivity index (χ2n) is 2.72. The van der Waals surface area contributed by atoms with Gasteiger partial charge in [0.25, 0.3) is 0 Å². The Morgan fingerprint density at radius 1 is 1.08 bits per heavy atom. The van der Waals surface area contributed by atoms with Crippen molar-refractivity contribution in [2.45, 2.75) is 0 Å². The molecule has 3 aromatic rings. The fourth-order valence-electron chi connectivity index (χ4n) is 1.36. The van der Waals surface area contributed by atoms with Crippen LogP contribution in [0.1, 0.15) is 0 Å². The molecule has 0 aliphatic heterocycles. The fourth-order valence-corrected chi connectivity index (χ4v) is 1.36. The van der Waals surface area contributed by atoms with Gasteiger partial charge < -0.3 is 4.42 Å². The lowest BCUT2D eigenvalue weighted by atomic mass is 10.3. The van der Waals surface area contributed by atoms with Crippen molar-refractivity contribution in [2.24, 2.45) is 0 Å². The minimum Gasteiger partial charge on any atom is -0.453 e. The normalized spacial score (nSPS) is 11.1. The first kappa shape index (κ1) is 6.54. The SMILES string of the molecule is c1cnc2c(c1)oc1cnncc12. The maximum atomic E-state index is 5.49. The Morgan fingerprint density at radius 3 is 3.00 bits per heavy atom. The molecule has 3 rings (SSSR count). The van der Waals surface area contributed by atoms with Crippen LogP contribution in [0, 0.1) is 0 Å². The molecule has 0 saturated carbocycles. The van der Waals surface area contributed by atoms with Crippen molar-refractivity contribution in [3.8, 4) is 0 Å². The maximum absolute atomic E-state index is 5.49. The molecule has 3 aromatic heterocycles. The molecule has 0 unspecified atom stereocenters. The van der Waals surface area contributed by atoms with E-state index in [0.717, 1.165) is 22.1 Å². The van der Waals surface area contributed by atoms with E-state index in [1.54, 1.807) is 18.6 Å². The van der Waals surface area contributed by atoms with E-state index in [2.05, 4.69) is 15.2 Å². The highest BCUT2D eigenvalue weighted by Crippen LogP contribution is 2.24. The molecule has 3 heterocycles. The van der Waals surface area contributed by atoms with Crippen molar-refractivity contribution in [1.29, 1.82) is 0 Å². The van der Waals surface area contributed by atoms with Gasteiger partial charge in [-0.25, -0.2) is 0 Å². The Labute approximate surface area is 73.2 Å². The van der Waals surface area contributed by atoms with Crippen molar-refractivity contribution >= 4 is 22.1 Å². The minimum atomic E-state index is 0.726. The van der Waals surface area contributed by atoms with Gasteiger partial charge >= 0.3 is 0 Å². The summed E-state index contributed by atoms with van der Waals surface area (Å²) in [6.07, 6.45) is 4.99. The molecule has 0 radical (unpaired) electrons. The molecule has 0 aliphatic carbocycles. The standard InChI is InChI=1S/C9H5N3O/c1-2-7-9(10-3-1)6-4-11-12-5-8(6)13-7/h1-5H. The minimum absolute atomic E-state index is 0.726. The Kier molecular flexibility index (Phi) is 1.14. The van der Waals surface area contributed by atoms with Gasteiger partial charge in [0.15, 0.2) is 11.2 Å². The summed E-state index contributed by atoms with van der Waals surface area (Å²) in [6.45, 7) is 0. The van der Waals surface area contributed by atoms with Crippen LogP contribution in [0.3, 0.4) is 0 Å². The van der Waals surface area contributed by atoms with Crippen LogP contribution in [0.5, 0.6) is 0 Å². The van der Waals surface area contributed by atoms with Crippen LogP contribution in [0.15, 0.2) is 35.1 Å². The number of rotatable bonds is 0. The van der Waals surface area contributed by atoms with Gasteiger partial charge in [-0.1, -0.05) is 0 Å². The Morgan fingerprint density at radius 2 is 2.00 bits per heavy atom. The summed E-state index contributed by atoms with van der Waals surface area (Å²) in [4.78, 5) is 4.21. The fraction of sp³-hybridized carbons (Fsp3) is 0. The predicted octanol–water partition coefficient (Wildman–Crippen LogP) is 1.77. The van der Waals surface area contributed by atoms with Crippen LogP contribution in [-0.2, 0) is 0 Å². The van der Waals surface area contributed by atoms with E-state index in [1.807, 2.05) is 12.1 Å². The van der Waals surface area contributed by atoms with E-state index in [4.69, 9.17) is 4.42 Å². The summed E-state index contributed by atoms with van der Waals surface area (Å²) < 4.78 is 5.49. The quantitative estimate of drug-likeness (QED) is 0.517. The van der Waals surface area contributed by atoms with Gasteiger partial charge in [-0.3, -0.25) is 4.98 Å². The molecular weight excluding hydrogens is 166 g/mol. The van der Waals surface area contributed by atoms with Crippen molar-refractivity contribution in [2.75, 3.05) is 0 Å². The molecule has 0 aliphatic rings. The van der Waals surface area contributed by atoms with Gasteiger partial charge in [0.05, 0.1) is 17.8 Å². The highest BCUT2D eigenvalue weighted by molar-refractivity contribution is 6.01. The van der Waals surface area contributed by atoms with Gasteiger partial charge in [-0.05, 0) is 12.1 Å². The van der Waals surface area contributed by atoms with Crippen LogP contribution >= 0.6 is 0 Å². The van der Waals surface area contributed by atoms with Crippen molar-refractivity contribution in [3.05, 3.63) is 30.7 Å². The molecule has 0 saturated heterocycles. The van der Waals surface area contributed by atoms with Crippen LogP contribution in [0.25, 0.3) is 22.1 Å². The average Bonchev–Trinajstić information content (AvgIpc) is 2.56. The number of hydrogen-bond donors (Lipinski definition) is 0. The van der Waals surface area contributed by atoms with E-state index in [1.165, 1.54) is 0 Å². The van der Waals surface area contributed by atoms with Crippen molar-refractivity contribution in [1.82, 2.24) is 15.2 Å². The van der Waals surface area contributed by atoms with E-state index < -0.39 is 0 Å². The number of pyridine rings is 1. The molecule has 62 valence electrons. The van der Waals surface area contributed by atoms with E-state index >= 15 is 0 Å². The van der Waals surface area contributed by atoms with Crippen molar-refractivity contribution < 1.29 is 4.42 Å². The van der Waals surface area contributed by atoms with Gasteiger partial charge in [-0.2, -0.15) is 10.2 Å². The lowest BCUT2D eigenvalue weighted by Crippen LogP contribution is -1.76. The first-order valence-electron chi connectivity index (χ1n) is 3.89. The van der Waals surface area contributed by atoms with Crippen LogP contribution in [0.2, 0.25) is 0 Å². The summed E-state index contributed by atoms with van der Waals surface area (Å²) >= 11 is 0. The topological polar surface area (TPSA) is 51.8 Å². The number of nitrogens with zero attached hydrogens (tertiary/aromatic N) is 3. The smallest absolute Gasteiger partial charge is 0.158 e. The molecule has 0 aromatic carbocycles. The van der Waals surface area contributed by atoms with Gasteiger partial charge in [0.1, 0.15) is 5.52 Å². The van der Waals surface area contributed by atoms with Gasteiger partial charge in [0.2, 0.25) is 0 Å². The lowest BCUT2D eigenvalue weighted by Gasteiger charge is -1.83. The van der Waals surface area contributed by atoms with E-state index in [9.17, 15) is 0 Å². The highest BCUT2D eigenvalue weighted by Gasteiger charge is 2.06. The highest BCUT2D eigenvalue weighted by atomic mass is 16.3. The maximum Gasteiger partial charge on any atom is 0.158 e. The summed E-state index contributed by atoms with van der Waals surface area (Å²) in [6, 6.07) is 3.72. The summed E-state index contributed by atoms with van der Waals surface area (Å²) in [5.41, 5.74) is 2.34. The molecule has 4 nitrogen and oxygen atoms in total. The zero-order valence-corrected chi connectivity index (χ0v) is 6.64. The van der Waals surface area contributed by atoms with E-state index in [0.29, 0.717) is 0 Å². The number of aromatic nitrogens is 3. The Bertz CT molecular complexity index is 523. The number of hydrogen-bond acceptors (Lipinski definition) is 4. The lowest BCUT2D eigenvalue weighted by molar-refractivity contribution is 0.664. The van der Waals surface area contributed by atoms with Gasteiger partial charge in [0, 0.05) is 6.20 Å². The second-order valence-corrected chi connectivity index (χ2v) is 2.72. The zero-order chi connectivity index (χ0) is 8.67. The van der Waals surface area contributed by atoms with E-state index in [-0.39, 0.29) is 0 Å². The number of fused-ring (bicyclic) bond motifs is 3. The molecular formula is C9H5N3O. The van der Waals surface area contributed by atoms with Crippen LogP contribution in [-0.4, -0.2) is 15.2 Å². The van der Waals surface area contributed by atoms with Crippen LogP contribution < -0.4 is 0 Å². The molecule has 0 spiro atoms. The Balaban J connectivity index is 2.64. The third-order valence-electron chi connectivity index (χ3n) is 1.94. The third kappa shape index (κ3) is 0.823. The summed E-state index contributed by atoms with van der Waals surface area (Å²) in [5, 5.41) is 8.43. The molecule has 0 atom stereocenters. The predicted molar refractivity (Wildman–Crippen MR) is 47.1 cm³/mol. The Hall–Kier alpha value is -1.97. The number of furan rings is 1. The zero-order valence-electron chi connectivity index (χ0n) is 6.64. The monoisotopic (exact) mass is 171 g/mol. The summed E-state index contributed by atoms with van der Waals surface area (Å²) in [7, 11) is 0. The van der Waals surface area contributed by atoms with Crippen LogP contribution in [0.4, 0.5) is 0 Å². The van der Waals surface area contributed by atoms with Gasteiger partial charge in [-0.15, -0.1) is 0 Å². The molecule has 13 heavy (non-hydrogen) atoms. The molecule has 4 heteroatoms. The molecule has 0 N–H and O–H groups in total. The first-order valence-corrected chi connectivity index (χ1v) is 3.89. The molecule has 0 amide bonds. The first-order chi connectivity index (χ1) is 6.45.